The maximum Gasteiger partial charge on any atom is 0.321 e. The van der Waals surface area contributed by atoms with Crippen LogP contribution in [0.4, 0.5) is 10.5 Å². The van der Waals surface area contributed by atoms with Crippen molar-refractivity contribution in [2.75, 3.05) is 19.0 Å². The first-order valence-electron chi connectivity index (χ1n) is 4.59. The molecule has 0 aromatic heterocycles. The molecular weight excluding hydrogens is 176 g/mol. The van der Waals surface area contributed by atoms with Crippen LogP contribution in [0.3, 0.4) is 0 Å². The van der Waals surface area contributed by atoms with E-state index in [2.05, 4.69) is 11.4 Å². The fraction of sp³-hybridized carbons (Fsp3) is 0.364. The summed E-state index contributed by atoms with van der Waals surface area (Å²) >= 11 is 0. The largest absolute Gasteiger partial charge is 0.341 e. The summed E-state index contributed by atoms with van der Waals surface area (Å²) in [7, 11) is 3.39. The molecular formula is C11H16N2O. The minimum atomic E-state index is -0.100. The molecule has 0 unspecified atom stereocenters. The second kappa shape index (κ2) is 4.13. The van der Waals surface area contributed by atoms with E-state index in [1.165, 1.54) is 5.56 Å². The molecule has 1 rings (SSSR count). The Kier molecular flexibility index (Phi) is 3.12. The molecule has 0 radical (unpaired) electrons. The van der Waals surface area contributed by atoms with Crippen LogP contribution in [-0.4, -0.2) is 20.1 Å². The van der Waals surface area contributed by atoms with Crippen LogP contribution < -0.4 is 10.2 Å². The second-order valence-electron chi connectivity index (χ2n) is 3.40. The highest BCUT2D eigenvalue weighted by Gasteiger charge is 2.10. The van der Waals surface area contributed by atoms with E-state index in [0.717, 1.165) is 11.3 Å². The zero-order valence-electron chi connectivity index (χ0n) is 9.09. The lowest BCUT2D eigenvalue weighted by Crippen LogP contribution is -2.35. The molecule has 3 heteroatoms. The van der Waals surface area contributed by atoms with Gasteiger partial charge in [-0.05, 0) is 25.5 Å². The van der Waals surface area contributed by atoms with E-state index in [1.807, 2.05) is 26.0 Å². The highest BCUT2D eigenvalue weighted by Crippen LogP contribution is 2.19. The molecule has 0 aliphatic rings. The molecule has 3 nitrogen and oxygen atoms in total. The minimum absolute atomic E-state index is 0.100. The first-order chi connectivity index (χ1) is 6.56. The Balaban J connectivity index is 3.01. The molecule has 0 aliphatic carbocycles. The van der Waals surface area contributed by atoms with Gasteiger partial charge in [-0.3, -0.25) is 4.90 Å². The first-order valence-corrected chi connectivity index (χ1v) is 4.59. The van der Waals surface area contributed by atoms with Crippen molar-refractivity contribution < 1.29 is 4.79 Å². The predicted molar refractivity (Wildman–Crippen MR) is 58.8 cm³/mol. The van der Waals surface area contributed by atoms with Crippen LogP contribution in [0.2, 0.25) is 0 Å². The van der Waals surface area contributed by atoms with E-state index in [0.29, 0.717) is 0 Å². The number of carbonyl (C=O) groups is 1. The maximum atomic E-state index is 11.4. The van der Waals surface area contributed by atoms with Crippen molar-refractivity contribution in [3.05, 3.63) is 29.3 Å². The molecule has 14 heavy (non-hydrogen) atoms. The molecule has 0 heterocycles. The number of nitrogens with zero attached hydrogens (tertiary/aromatic N) is 1. The zero-order chi connectivity index (χ0) is 10.7. The summed E-state index contributed by atoms with van der Waals surface area (Å²) < 4.78 is 0. The Labute approximate surface area is 84.7 Å². The molecule has 76 valence electrons. The summed E-state index contributed by atoms with van der Waals surface area (Å²) in [5.41, 5.74) is 3.25. The third-order valence-electron chi connectivity index (χ3n) is 2.23. The normalized spacial score (nSPS) is 9.71. The van der Waals surface area contributed by atoms with E-state index in [4.69, 9.17) is 0 Å². The van der Waals surface area contributed by atoms with Crippen LogP contribution in [0, 0.1) is 13.8 Å². The minimum Gasteiger partial charge on any atom is -0.341 e. The van der Waals surface area contributed by atoms with Crippen LogP contribution >= 0.6 is 0 Å². The lowest BCUT2D eigenvalue weighted by atomic mass is 10.1. The Hall–Kier alpha value is -1.51. The van der Waals surface area contributed by atoms with Gasteiger partial charge < -0.3 is 5.32 Å². The number of carbonyl (C=O) groups excluding carboxylic acids is 1. The van der Waals surface area contributed by atoms with E-state index < -0.39 is 0 Å². The lowest BCUT2D eigenvalue weighted by Gasteiger charge is -2.19. The van der Waals surface area contributed by atoms with Gasteiger partial charge in [-0.2, -0.15) is 0 Å². The average Bonchev–Trinajstić information content (AvgIpc) is 2.15. The fourth-order valence-electron chi connectivity index (χ4n) is 1.46. The number of urea groups is 1. The number of aryl methyl sites for hydroxylation is 2. The molecule has 0 fully saturated rings. The van der Waals surface area contributed by atoms with Gasteiger partial charge in [0.05, 0.1) is 0 Å². The van der Waals surface area contributed by atoms with Crippen molar-refractivity contribution in [2.24, 2.45) is 0 Å². The third kappa shape index (κ3) is 2.05. The molecule has 2 amide bonds. The van der Waals surface area contributed by atoms with Crippen LogP contribution in [0.15, 0.2) is 18.2 Å². The summed E-state index contributed by atoms with van der Waals surface area (Å²) in [4.78, 5) is 13.0. The smallest absolute Gasteiger partial charge is 0.321 e. The number of benzene rings is 1. The number of hydrogen-bond acceptors (Lipinski definition) is 1. The molecule has 1 aromatic carbocycles. The maximum absolute atomic E-state index is 11.4. The summed E-state index contributed by atoms with van der Waals surface area (Å²) in [6, 6.07) is 5.92. The predicted octanol–water partition coefficient (Wildman–Crippen LogP) is 2.08. The van der Waals surface area contributed by atoms with Gasteiger partial charge in [-0.25, -0.2) is 4.79 Å². The highest BCUT2D eigenvalue weighted by molar-refractivity contribution is 5.91. The molecule has 1 aromatic rings. The van der Waals surface area contributed by atoms with Crippen LogP contribution in [0.1, 0.15) is 11.1 Å². The van der Waals surface area contributed by atoms with Crippen molar-refractivity contribution in [3.63, 3.8) is 0 Å². The number of hydrogen-bond donors (Lipinski definition) is 1. The molecule has 1 N–H and O–H groups in total. The quantitative estimate of drug-likeness (QED) is 0.726. The van der Waals surface area contributed by atoms with Gasteiger partial charge >= 0.3 is 6.03 Å². The fourth-order valence-corrected chi connectivity index (χ4v) is 1.46. The van der Waals surface area contributed by atoms with Crippen molar-refractivity contribution in [2.45, 2.75) is 13.8 Å². The third-order valence-corrected chi connectivity index (χ3v) is 2.23. The summed E-state index contributed by atoms with van der Waals surface area (Å²) in [6.45, 7) is 4.04. The second-order valence-corrected chi connectivity index (χ2v) is 3.40. The molecule has 0 saturated carbocycles. The molecule has 0 saturated heterocycles. The van der Waals surface area contributed by atoms with Crippen molar-refractivity contribution in [3.8, 4) is 0 Å². The van der Waals surface area contributed by atoms with Gasteiger partial charge in [-0.1, -0.05) is 17.7 Å². The molecule has 0 bridgehead atoms. The van der Waals surface area contributed by atoms with Gasteiger partial charge in [0.25, 0.3) is 0 Å². The van der Waals surface area contributed by atoms with E-state index in [9.17, 15) is 4.79 Å². The standard InChI is InChI=1S/C11H16N2O/c1-8-5-6-10(9(2)7-8)13(4)11(14)12-3/h5-7H,1-4H3,(H,12,14). The topological polar surface area (TPSA) is 32.3 Å². The van der Waals surface area contributed by atoms with Gasteiger partial charge in [0.2, 0.25) is 0 Å². The van der Waals surface area contributed by atoms with Crippen LogP contribution in [0.5, 0.6) is 0 Å². The zero-order valence-corrected chi connectivity index (χ0v) is 9.09. The number of anilines is 1. The number of nitrogens with one attached hydrogen (secondary N) is 1. The summed E-state index contributed by atoms with van der Waals surface area (Å²) in [5.74, 6) is 0. The lowest BCUT2D eigenvalue weighted by molar-refractivity contribution is 0.249. The van der Waals surface area contributed by atoms with Crippen molar-refractivity contribution in [1.29, 1.82) is 0 Å². The van der Waals surface area contributed by atoms with E-state index in [1.54, 1.807) is 19.0 Å². The average molecular weight is 192 g/mol. The van der Waals surface area contributed by atoms with Gasteiger partial charge in [0, 0.05) is 19.8 Å². The summed E-state index contributed by atoms with van der Waals surface area (Å²) in [5, 5.41) is 2.59. The van der Waals surface area contributed by atoms with Crippen molar-refractivity contribution in [1.82, 2.24) is 5.32 Å². The first kappa shape index (κ1) is 10.6. The molecule has 0 spiro atoms. The highest BCUT2D eigenvalue weighted by atomic mass is 16.2. The van der Waals surface area contributed by atoms with Crippen LogP contribution in [0.25, 0.3) is 0 Å². The Morgan fingerprint density at radius 2 is 2.00 bits per heavy atom. The van der Waals surface area contributed by atoms with E-state index in [-0.39, 0.29) is 6.03 Å². The van der Waals surface area contributed by atoms with Crippen LogP contribution in [-0.2, 0) is 0 Å². The van der Waals surface area contributed by atoms with Crippen molar-refractivity contribution >= 4 is 11.7 Å². The van der Waals surface area contributed by atoms with Gasteiger partial charge in [-0.15, -0.1) is 0 Å². The Morgan fingerprint density at radius 3 is 2.50 bits per heavy atom. The summed E-state index contributed by atoms with van der Waals surface area (Å²) in [6.07, 6.45) is 0. The SMILES string of the molecule is CNC(=O)N(C)c1ccc(C)cc1C. The molecule has 0 aliphatic heterocycles. The number of rotatable bonds is 1. The Morgan fingerprint density at radius 1 is 1.36 bits per heavy atom. The van der Waals surface area contributed by atoms with Gasteiger partial charge in [0.15, 0.2) is 0 Å². The Bertz CT molecular complexity index is 347. The van der Waals surface area contributed by atoms with E-state index >= 15 is 0 Å². The van der Waals surface area contributed by atoms with Gasteiger partial charge in [0.1, 0.15) is 0 Å². The number of amides is 2. The monoisotopic (exact) mass is 192 g/mol. The molecule has 0 atom stereocenters.